The van der Waals surface area contributed by atoms with Crippen LogP contribution in [0.2, 0.25) is 0 Å². The maximum atomic E-state index is 11.8. The molecule has 0 aromatic rings. The largest absolute Gasteiger partial charge is 0.337 e. The van der Waals surface area contributed by atoms with Gasteiger partial charge >= 0.3 is 7.60 Å². The molecule has 2 N–H and O–H groups in total. The van der Waals surface area contributed by atoms with E-state index in [-0.39, 0.29) is 13.0 Å². The minimum atomic E-state index is -4.37. The molecule has 2 unspecified atom stereocenters. The maximum Gasteiger partial charge on any atom is 0.337 e. The summed E-state index contributed by atoms with van der Waals surface area (Å²) in [5.41, 5.74) is 2.57. The van der Waals surface area contributed by atoms with Gasteiger partial charge in [0.05, 0.1) is 6.61 Å². The van der Waals surface area contributed by atoms with Gasteiger partial charge in [0.1, 0.15) is 5.40 Å². The Labute approximate surface area is 134 Å². The first-order chi connectivity index (χ1) is 10.2. The molecular weight excluding hydrogens is 322 g/mol. The molecular formula is C15H30O5P2. The van der Waals surface area contributed by atoms with E-state index in [1.165, 1.54) is 11.1 Å². The van der Waals surface area contributed by atoms with Crippen LogP contribution in [0, 0.1) is 0 Å². The number of rotatable bonds is 11. The average molecular weight is 352 g/mol. The third kappa shape index (κ3) is 10.5. The van der Waals surface area contributed by atoms with Gasteiger partial charge in [-0.05, 0) is 59.8 Å². The van der Waals surface area contributed by atoms with Crippen LogP contribution in [0.25, 0.3) is 0 Å². The quantitative estimate of drug-likeness (QED) is 0.315. The lowest BCUT2D eigenvalue weighted by Gasteiger charge is -2.17. The van der Waals surface area contributed by atoms with Crippen LogP contribution in [0.15, 0.2) is 23.3 Å². The Morgan fingerprint density at radius 3 is 2.36 bits per heavy atom. The highest BCUT2D eigenvalue weighted by molar-refractivity contribution is 7.65. The molecule has 0 rings (SSSR count). The normalized spacial score (nSPS) is 15.5. The summed E-state index contributed by atoms with van der Waals surface area (Å²) in [5, 5.41) is -1.16. The van der Waals surface area contributed by atoms with Crippen molar-refractivity contribution in [2.75, 3.05) is 6.61 Å². The van der Waals surface area contributed by atoms with Crippen LogP contribution in [0.5, 0.6) is 0 Å². The van der Waals surface area contributed by atoms with E-state index < -0.39 is 21.0 Å². The molecule has 0 fully saturated rings. The lowest BCUT2D eigenvalue weighted by Crippen LogP contribution is -2.05. The first-order valence-corrected chi connectivity index (χ1v) is 10.8. The molecule has 0 spiro atoms. The number of hydrogen-bond donors (Lipinski definition) is 2. The molecule has 7 heteroatoms. The predicted octanol–water partition coefficient (Wildman–Crippen LogP) is 4.86. The highest BCUT2D eigenvalue weighted by atomic mass is 31.2. The molecule has 0 aliphatic rings. The Kier molecular flexibility index (Phi) is 11.3. The third-order valence-electron chi connectivity index (χ3n) is 3.23. The predicted molar refractivity (Wildman–Crippen MR) is 92.7 cm³/mol. The zero-order valence-electron chi connectivity index (χ0n) is 14.0. The molecule has 2 atom stereocenters. The van der Waals surface area contributed by atoms with Gasteiger partial charge in [-0.25, -0.2) is 0 Å². The molecule has 0 bridgehead atoms. The van der Waals surface area contributed by atoms with Gasteiger partial charge < -0.3 is 14.3 Å². The van der Waals surface area contributed by atoms with E-state index in [2.05, 4.69) is 32.9 Å². The van der Waals surface area contributed by atoms with Crippen molar-refractivity contribution in [1.82, 2.24) is 0 Å². The summed E-state index contributed by atoms with van der Waals surface area (Å²) in [4.78, 5) is 18.6. The van der Waals surface area contributed by atoms with E-state index in [0.29, 0.717) is 6.42 Å². The van der Waals surface area contributed by atoms with Crippen molar-refractivity contribution in [2.45, 2.75) is 65.2 Å². The van der Waals surface area contributed by atoms with Gasteiger partial charge in [-0.1, -0.05) is 23.3 Å². The van der Waals surface area contributed by atoms with Crippen molar-refractivity contribution in [1.29, 1.82) is 0 Å². The first kappa shape index (κ1) is 21.8. The third-order valence-corrected chi connectivity index (χ3v) is 7.35. The summed E-state index contributed by atoms with van der Waals surface area (Å²) >= 11 is 0. The van der Waals surface area contributed by atoms with Crippen molar-refractivity contribution in [2.24, 2.45) is 0 Å². The SMILES string of the molecule is CCO[PH](=O)C(CCCC=C(C)CCC=C(C)C)P(=O)(O)O. The molecule has 0 aliphatic heterocycles. The summed E-state index contributed by atoms with van der Waals surface area (Å²) in [7, 11) is -7.08. The van der Waals surface area contributed by atoms with E-state index in [1.54, 1.807) is 6.92 Å². The van der Waals surface area contributed by atoms with Gasteiger partial charge in [0, 0.05) is 0 Å². The molecule has 0 heterocycles. The van der Waals surface area contributed by atoms with E-state index >= 15 is 0 Å². The van der Waals surface area contributed by atoms with Crippen LogP contribution >= 0.6 is 15.6 Å². The molecule has 130 valence electrons. The van der Waals surface area contributed by atoms with Gasteiger partial charge in [-0.15, -0.1) is 0 Å². The fraction of sp³-hybridized carbons (Fsp3) is 0.733. The van der Waals surface area contributed by atoms with Crippen LogP contribution in [0.1, 0.15) is 59.8 Å². The summed E-state index contributed by atoms with van der Waals surface area (Å²) in [6, 6.07) is 0. The van der Waals surface area contributed by atoms with E-state index in [4.69, 9.17) is 4.52 Å². The molecule has 0 radical (unpaired) electrons. The van der Waals surface area contributed by atoms with E-state index in [0.717, 1.165) is 19.3 Å². The summed E-state index contributed by atoms with van der Waals surface area (Å²) in [6.07, 6.45) is 7.83. The number of hydrogen-bond acceptors (Lipinski definition) is 3. The second kappa shape index (κ2) is 11.4. The molecule has 0 amide bonds. The van der Waals surface area contributed by atoms with Crippen molar-refractivity contribution in [3.05, 3.63) is 23.3 Å². The first-order valence-electron chi connectivity index (χ1n) is 7.69. The van der Waals surface area contributed by atoms with Crippen LogP contribution < -0.4 is 0 Å². The zero-order chi connectivity index (χ0) is 17.2. The summed E-state index contributed by atoms with van der Waals surface area (Å²) < 4.78 is 28.1. The smallest absolute Gasteiger partial charge is 0.330 e. The molecule has 22 heavy (non-hydrogen) atoms. The van der Waals surface area contributed by atoms with Gasteiger partial charge in [0.2, 0.25) is 8.03 Å². The second-order valence-corrected chi connectivity index (χ2v) is 9.57. The average Bonchev–Trinajstić information content (AvgIpc) is 2.36. The van der Waals surface area contributed by atoms with Crippen molar-refractivity contribution in [3.8, 4) is 0 Å². The second-order valence-electron chi connectivity index (χ2n) is 5.66. The monoisotopic (exact) mass is 352 g/mol. The highest BCUT2D eigenvalue weighted by Gasteiger charge is 2.33. The number of allylic oxidation sites excluding steroid dienone is 4. The Balaban J connectivity index is 4.31. The van der Waals surface area contributed by atoms with Gasteiger partial charge in [0.25, 0.3) is 0 Å². The van der Waals surface area contributed by atoms with Gasteiger partial charge in [-0.3, -0.25) is 9.13 Å². The summed E-state index contributed by atoms with van der Waals surface area (Å²) in [5.74, 6) is 0. The Bertz CT molecular complexity index is 447. The molecule has 0 aromatic heterocycles. The van der Waals surface area contributed by atoms with E-state index in [1.807, 2.05) is 0 Å². The Morgan fingerprint density at radius 1 is 1.23 bits per heavy atom. The van der Waals surface area contributed by atoms with Crippen LogP contribution in [-0.4, -0.2) is 21.8 Å². The van der Waals surface area contributed by atoms with Crippen molar-refractivity contribution in [3.63, 3.8) is 0 Å². The number of unbranched alkanes of at least 4 members (excludes halogenated alkanes) is 1. The fourth-order valence-electron chi connectivity index (χ4n) is 2.01. The molecule has 0 aliphatic carbocycles. The zero-order valence-corrected chi connectivity index (χ0v) is 15.9. The van der Waals surface area contributed by atoms with Crippen LogP contribution in [-0.2, 0) is 13.7 Å². The van der Waals surface area contributed by atoms with E-state index in [9.17, 15) is 18.9 Å². The van der Waals surface area contributed by atoms with Crippen LogP contribution in [0.4, 0.5) is 0 Å². The minimum absolute atomic E-state index is 0.206. The lowest BCUT2D eigenvalue weighted by atomic mass is 10.1. The Morgan fingerprint density at radius 2 is 1.86 bits per heavy atom. The van der Waals surface area contributed by atoms with Crippen LogP contribution in [0.3, 0.4) is 0 Å². The molecule has 5 nitrogen and oxygen atoms in total. The Hall–Kier alpha value is -0.180. The maximum absolute atomic E-state index is 11.8. The summed E-state index contributed by atoms with van der Waals surface area (Å²) in [6.45, 7) is 8.07. The van der Waals surface area contributed by atoms with Gasteiger partial charge in [-0.2, -0.15) is 0 Å². The molecule has 0 saturated carbocycles. The van der Waals surface area contributed by atoms with Gasteiger partial charge in [0.15, 0.2) is 0 Å². The highest BCUT2D eigenvalue weighted by Crippen LogP contribution is 2.55. The minimum Gasteiger partial charge on any atom is -0.330 e. The molecule has 0 saturated heterocycles. The standard InChI is InChI=1S/C15H30O5P2/c1-5-20-21(16)15(22(17,18)19)12-7-6-10-14(4)11-8-9-13(2)3/h9-10,15,21H,5-8,11-12H2,1-4H3,(H2,17,18,19). The molecule has 0 aromatic carbocycles. The van der Waals surface area contributed by atoms with Crippen molar-refractivity contribution >= 4 is 15.6 Å². The topological polar surface area (TPSA) is 83.8 Å². The fourth-order valence-corrected chi connectivity index (χ4v) is 4.77. The lowest BCUT2D eigenvalue weighted by molar-refractivity contribution is 0.332. The van der Waals surface area contributed by atoms with Crippen molar-refractivity contribution < 1.29 is 23.4 Å².